The Labute approximate surface area is 90.2 Å². The van der Waals surface area contributed by atoms with E-state index in [-0.39, 0.29) is 0 Å². The van der Waals surface area contributed by atoms with Crippen molar-refractivity contribution in [3.63, 3.8) is 0 Å². The molecule has 0 saturated heterocycles. The van der Waals surface area contributed by atoms with Crippen molar-refractivity contribution < 1.29 is 9.47 Å². The van der Waals surface area contributed by atoms with Gasteiger partial charge in [0.25, 0.3) is 0 Å². The van der Waals surface area contributed by atoms with Crippen molar-refractivity contribution >= 4 is 0 Å². The van der Waals surface area contributed by atoms with Crippen molar-refractivity contribution in [1.82, 2.24) is 0 Å². The van der Waals surface area contributed by atoms with Crippen molar-refractivity contribution in [3.8, 4) is 11.5 Å². The zero-order valence-electron chi connectivity index (χ0n) is 9.41. The molecule has 1 atom stereocenters. The largest absolute Gasteiger partial charge is 0.493 e. The maximum absolute atomic E-state index is 6.03. The number of ether oxygens (including phenoxy) is 2. The molecular weight excluding hydrogens is 192 g/mol. The fraction of sp³-hybridized carbons (Fsp3) is 0.455. The lowest BCUT2D eigenvalue weighted by Gasteiger charge is -2.24. The Kier molecular flexibility index (Phi) is 3.55. The highest BCUT2D eigenvalue weighted by molar-refractivity contribution is 5.44. The second kappa shape index (κ2) is 4.51. The van der Waals surface area contributed by atoms with E-state index in [0.29, 0.717) is 18.0 Å². The molecule has 0 aliphatic heterocycles. The van der Waals surface area contributed by atoms with Crippen LogP contribution in [-0.2, 0) is 5.54 Å². The van der Waals surface area contributed by atoms with Gasteiger partial charge in [0.15, 0.2) is 11.5 Å². The Morgan fingerprint density at radius 2 is 1.80 bits per heavy atom. The molecule has 1 aromatic carbocycles. The quantitative estimate of drug-likeness (QED) is 0.772. The third-order valence-electron chi connectivity index (χ3n) is 2.47. The molecule has 1 aromatic rings. The van der Waals surface area contributed by atoms with Gasteiger partial charge >= 0.3 is 0 Å². The Bertz CT molecular complexity index is 337. The second-order valence-electron chi connectivity index (χ2n) is 3.69. The first-order valence-corrected chi connectivity index (χ1v) is 4.76. The summed E-state index contributed by atoms with van der Waals surface area (Å²) in [5, 5.41) is 0. The minimum atomic E-state index is -0.542. The van der Waals surface area contributed by atoms with E-state index in [0.717, 1.165) is 5.56 Å². The highest BCUT2D eigenvalue weighted by Gasteiger charge is 2.20. The van der Waals surface area contributed by atoms with Crippen LogP contribution in [-0.4, -0.2) is 20.8 Å². The SMILES string of the molecule is COc1ccc(C(C)(N)CN)cc1OC. The van der Waals surface area contributed by atoms with Crippen LogP contribution in [0.25, 0.3) is 0 Å². The van der Waals surface area contributed by atoms with Crippen molar-refractivity contribution in [2.75, 3.05) is 20.8 Å². The van der Waals surface area contributed by atoms with Gasteiger partial charge in [-0.05, 0) is 24.6 Å². The number of nitrogens with two attached hydrogens (primary N) is 2. The van der Waals surface area contributed by atoms with Crippen molar-refractivity contribution in [3.05, 3.63) is 23.8 Å². The Morgan fingerprint density at radius 3 is 2.27 bits per heavy atom. The van der Waals surface area contributed by atoms with Crippen LogP contribution in [0.5, 0.6) is 11.5 Å². The van der Waals surface area contributed by atoms with Gasteiger partial charge < -0.3 is 20.9 Å². The molecule has 0 radical (unpaired) electrons. The minimum absolute atomic E-state index is 0.377. The summed E-state index contributed by atoms with van der Waals surface area (Å²) in [7, 11) is 3.19. The first-order chi connectivity index (χ1) is 7.05. The van der Waals surface area contributed by atoms with E-state index in [9.17, 15) is 0 Å². The summed E-state index contributed by atoms with van der Waals surface area (Å²) < 4.78 is 10.3. The van der Waals surface area contributed by atoms with Crippen molar-refractivity contribution in [2.45, 2.75) is 12.5 Å². The summed E-state index contributed by atoms with van der Waals surface area (Å²) in [5.74, 6) is 1.36. The number of hydrogen-bond donors (Lipinski definition) is 2. The molecule has 0 saturated carbocycles. The third kappa shape index (κ3) is 2.40. The van der Waals surface area contributed by atoms with E-state index < -0.39 is 5.54 Å². The topological polar surface area (TPSA) is 70.5 Å². The molecule has 1 unspecified atom stereocenters. The minimum Gasteiger partial charge on any atom is -0.493 e. The maximum Gasteiger partial charge on any atom is 0.161 e. The van der Waals surface area contributed by atoms with E-state index >= 15 is 0 Å². The molecule has 0 aliphatic rings. The average Bonchev–Trinajstić information content (AvgIpc) is 2.28. The molecule has 1 rings (SSSR count). The lowest BCUT2D eigenvalue weighted by molar-refractivity contribution is 0.353. The number of benzene rings is 1. The van der Waals surface area contributed by atoms with Gasteiger partial charge in [-0.2, -0.15) is 0 Å². The zero-order chi connectivity index (χ0) is 11.5. The van der Waals surface area contributed by atoms with Crippen molar-refractivity contribution in [1.29, 1.82) is 0 Å². The number of hydrogen-bond acceptors (Lipinski definition) is 4. The predicted molar refractivity (Wildman–Crippen MR) is 60.1 cm³/mol. The van der Waals surface area contributed by atoms with Crippen LogP contribution < -0.4 is 20.9 Å². The summed E-state index contributed by atoms with van der Waals surface area (Å²) in [6.45, 7) is 2.26. The van der Waals surface area contributed by atoms with Crippen LogP contribution in [0.4, 0.5) is 0 Å². The van der Waals surface area contributed by atoms with E-state index in [2.05, 4.69) is 0 Å². The number of methoxy groups -OCH3 is 2. The first-order valence-electron chi connectivity index (χ1n) is 4.76. The molecular formula is C11H18N2O2. The maximum atomic E-state index is 6.03. The Morgan fingerprint density at radius 1 is 1.20 bits per heavy atom. The predicted octanol–water partition coefficient (Wildman–Crippen LogP) is 0.836. The summed E-state index contributed by atoms with van der Waals surface area (Å²) in [4.78, 5) is 0. The Balaban J connectivity index is 3.13. The fourth-order valence-electron chi connectivity index (χ4n) is 1.31. The summed E-state index contributed by atoms with van der Waals surface area (Å²) in [5.41, 5.74) is 12.0. The Hall–Kier alpha value is -1.26. The van der Waals surface area contributed by atoms with Crippen LogP contribution in [0.2, 0.25) is 0 Å². The van der Waals surface area contributed by atoms with Crippen LogP contribution in [0.1, 0.15) is 12.5 Å². The van der Waals surface area contributed by atoms with Gasteiger partial charge in [-0.15, -0.1) is 0 Å². The van der Waals surface area contributed by atoms with Gasteiger partial charge in [-0.3, -0.25) is 0 Å². The normalized spacial score (nSPS) is 14.5. The summed E-state index contributed by atoms with van der Waals surface area (Å²) in [6.07, 6.45) is 0. The van der Waals surface area contributed by atoms with E-state index in [1.54, 1.807) is 14.2 Å². The molecule has 4 N–H and O–H groups in total. The fourth-order valence-corrected chi connectivity index (χ4v) is 1.31. The van der Waals surface area contributed by atoms with E-state index in [1.165, 1.54) is 0 Å². The standard InChI is InChI=1S/C11H18N2O2/c1-11(13,7-12)8-4-5-9(14-2)10(6-8)15-3/h4-6H,7,12-13H2,1-3H3. The molecule has 84 valence electrons. The molecule has 0 bridgehead atoms. The van der Waals surface area contributed by atoms with Crippen LogP contribution in [0.15, 0.2) is 18.2 Å². The lowest BCUT2D eigenvalue weighted by atomic mass is 9.93. The number of rotatable bonds is 4. The highest BCUT2D eigenvalue weighted by Crippen LogP contribution is 2.30. The molecule has 15 heavy (non-hydrogen) atoms. The van der Waals surface area contributed by atoms with Gasteiger partial charge in [0.2, 0.25) is 0 Å². The summed E-state index contributed by atoms with van der Waals surface area (Å²) in [6, 6.07) is 5.58. The van der Waals surface area contributed by atoms with Crippen LogP contribution >= 0.6 is 0 Å². The molecule has 0 fully saturated rings. The van der Waals surface area contributed by atoms with E-state index in [4.69, 9.17) is 20.9 Å². The molecule has 4 heteroatoms. The zero-order valence-corrected chi connectivity index (χ0v) is 9.41. The highest BCUT2D eigenvalue weighted by atomic mass is 16.5. The van der Waals surface area contributed by atoms with Crippen LogP contribution in [0, 0.1) is 0 Å². The molecule has 0 aromatic heterocycles. The first kappa shape index (κ1) is 11.8. The second-order valence-corrected chi connectivity index (χ2v) is 3.69. The van der Waals surface area contributed by atoms with Gasteiger partial charge in [0, 0.05) is 6.54 Å². The van der Waals surface area contributed by atoms with Gasteiger partial charge in [-0.1, -0.05) is 6.07 Å². The van der Waals surface area contributed by atoms with Crippen molar-refractivity contribution in [2.24, 2.45) is 11.5 Å². The van der Waals surface area contributed by atoms with E-state index in [1.807, 2.05) is 25.1 Å². The molecule has 0 amide bonds. The molecule has 0 spiro atoms. The molecule has 0 heterocycles. The lowest BCUT2D eigenvalue weighted by Crippen LogP contribution is -2.40. The monoisotopic (exact) mass is 210 g/mol. The van der Waals surface area contributed by atoms with Gasteiger partial charge in [-0.25, -0.2) is 0 Å². The van der Waals surface area contributed by atoms with Gasteiger partial charge in [0.1, 0.15) is 0 Å². The molecule has 4 nitrogen and oxygen atoms in total. The van der Waals surface area contributed by atoms with Gasteiger partial charge in [0.05, 0.1) is 19.8 Å². The molecule has 0 aliphatic carbocycles. The van der Waals surface area contributed by atoms with Crippen LogP contribution in [0.3, 0.4) is 0 Å². The smallest absolute Gasteiger partial charge is 0.161 e. The third-order valence-corrected chi connectivity index (χ3v) is 2.47. The summed E-state index contributed by atoms with van der Waals surface area (Å²) >= 11 is 0. The average molecular weight is 210 g/mol.